The van der Waals surface area contributed by atoms with E-state index in [9.17, 15) is 4.79 Å². The molecule has 1 fully saturated rings. The number of hydrogen-bond donors (Lipinski definition) is 0. The van der Waals surface area contributed by atoms with Crippen molar-refractivity contribution in [1.29, 1.82) is 0 Å². The zero-order valence-corrected chi connectivity index (χ0v) is 13.5. The second kappa shape index (κ2) is 7.72. The van der Waals surface area contributed by atoms with Crippen molar-refractivity contribution in [1.82, 2.24) is 4.90 Å². The first-order chi connectivity index (χ1) is 9.66. The predicted octanol–water partition coefficient (Wildman–Crippen LogP) is 4.19. The van der Waals surface area contributed by atoms with Gasteiger partial charge >= 0.3 is 0 Å². The zero-order valence-electron chi connectivity index (χ0n) is 12.7. The molecule has 3 heteroatoms. The van der Waals surface area contributed by atoms with Gasteiger partial charge in [-0.3, -0.25) is 4.79 Å². The van der Waals surface area contributed by atoms with Crippen LogP contribution < -0.4 is 0 Å². The van der Waals surface area contributed by atoms with Crippen molar-refractivity contribution in [3.05, 3.63) is 29.3 Å². The Morgan fingerprint density at radius 3 is 2.65 bits per heavy atom. The highest BCUT2D eigenvalue weighted by Crippen LogP contribution is 2.24. The molecule has 0 aliphatic carbocycles. The summed E-state index contributed by atoms with van der Waals surface area (Å²) in [7, 11) is 0. The van der Waals surface area contributed by atoms with Crippen LogP contribution in [0.1, 0.15) is 43.2 Å². The summed E-state index contributed by atoms with van der Waals surface area (Å²) in [4.78, 5) is 15.4. The number of carbonyl (C=O) groups is 1. The normalized spacial score (nSPS) is 15.4. The Kier molecular flexibility index (Phi) is 5.96. The Labute approximate surface area is 126 Å². The Morgan fingerprint density at radius 1 is 1.20 bits per heavy atom. The van der Waals surface area contributed by atoms with Crippen LogP contribution in [0.4, 0.5) is 0 Å². The smallest absolute Gasteiger partial charge is 0.222 e. The van der Waals surface area contributed by atoms with E-state index in [1.165, 1.54) is 35.3 Å². The number of likely N-dealkylation sites (tertiary alicyclic amines) is 1. The van der Waals surface area contributed by atoms with E-state index in [0.717, 1.165) is 25.3 Å². The molecule has 1 saturated heterocycles. The monoisotopic (exact) mass is 291 g/mol. The number of amides is 1. The van der Waals surface area contributed by atoms with E-state index in [-0.39, 0.29) is 0 Å². The highest BCUT2D eigenvalue weighted by molar-refractivity contribution is 7.99. The van der Waals surface area contributed by atoms with E-state index in [2.05, 4.69) is 32.0 Å². The number of aryl methyl sites for hydroxylation is 2. The molecule has 1 aliphatic heterocycles. The molecule has 0 bridgehead atoms. The Balaban J connectivity index is 1.69. The van der Waals surface area contributed by atoms with Gasteiger partial charge in [0.1, 0.15) is 0 Å². The summed E-state index contributed by atoms with van der Waals surface area (Å²) in [6.07, 6.45) is 5.34. The average molecular weight is 291 g/mol. The van der Waals surface area contributed by atoms with Gasteiger partial charge in [0.05, 0.1) is 0 Å². The van der Waals surface area contributed by atoms with Crippen LogP contribution in [0, 0.1) is 13.8 Å². The lowest BCUT2D eigenvalue weighted by Crippen LogP contribution is -2.35. The highest BCUT2D eigenvalue weighted by Gasteiger charge is 2.15. The minimum Gasteiger partial charge on any atom is -0.343 e. The van der Waals surface area contributed by atoms with E-state index >= 15 is 0 Å². The van der Waals surface area contributed by atoms with Gasteiger partial charge in [-0.25, -0.2) is 0 Å². The van der Waals surface area contributed by atoms with Gasteiger partial charge in [0, 0.05) is 24.4 Å². The predicted molar refractivity (Wildman–Crippen MR) is 86.3 cm³/mol. The minimum absolute atomic E-state index is 0.353. The van der Waals surface area contributed by atoms with E-state index < -0.39 is 0 Å². The average Bonchev–Trinajstić information content (AvgIpc) is 2.46. The summed E-state index contributed by atoms with van der Waals surface area (Å²) in [5, 5.41) is 0. The molecule has 2 rings (SSSR count). The van der Waals surface area contributed by atoms with Gasteiger partial charge in [0.25, 0.3) is 0 Å². The Bertz CT molecular complexity index is 452. The van der Waals surface area contributed by atoms with Crippen molar-refractivity contribution in [2.75, 3.05) is 18.8 Å². The number of hydrogen-bond acceptors (Lipinski definition) is 2. The van der Waals surface area contributed by atoms with Crippen LogP contribution in [-0.4, -0.2) is 29.6 Å². The third-order valence-electron chi connectivity index (χ3n) is 3.83. The topological polar surface area (TPSA) is 20.3 Å². The second-order valence-corrected chi connectivity index (χ2v) is 6.80. The van der Waals surface area contributed by atoms with Gasteiger partial charge in [0.2, 0.25) is 5.91 Å². The Hall–Kier alpha value is -0.960. The van der Waals surface area contributed by atoms with Crippen molar-refractivity contribution in [3.63, 3.8) is 0 Å². The van der Waals surface area contributed by atoms with E-state index in [1.54, 1.807) is 0 Å². The fourth-order valence-electron chi connectivity index (χ4n) is 2.67. The van der Waals surface area contributed by atoms with Crippen LogP contribution in [0.5, 0.6) is 0 Å². The van der Waals surface area contributed by atoms with Crippen molar-refractivity contribution >= 4 is 17.7 Å². The third-order valence-corrected chi connectivity index (χ3v) is 5.09. The van der Waals surface area contributed by atoms with E-state index in [1.807, 2.05) is 16.7 Å². The summed E-state index contributed by atoms with van der Waals surface area (Å²) in [5.41, 5.74) is 2.66. The number of carbonyl (C=O) groups excluding carboxylic acids is 1. The van der Waals surface area contributed by atoms with Gasteiger partial charge in [-0.1, -0.05) is 17.7 Å². The molecule has 0 radical (unpaired) electrons. The van der Waals surface area contributed by atoms with Crippen molar-refractivity contribution in [3.8, 4) is 0 Å². The van der Waals surface area contributed by atoms with Gasteiger partial charge in [0.15, 0.2) is 0 Å². The second-order valence-electron chi connectivity index (χ2n) is 5.66. The molecule has 1 heterocycles. The minimum atomic E-state index is 0.353. The molecule has 0 spiro atoms. The number of benzene rings is 1. The van der Waals surface area contributed by atoms with E-state index in [4.69, 9.17) is 0 Å². The lowest BCUT2D eigenvalue weighted by Gasteiger charge is -2.26. The first-order valence-electron chi connectivity index (χ1n) is 7.64. The molecule has 20 heavy (non-hydrogen) atoms. The summed E-state index contributed by atoms with van der Waals surface area (Å²) in [5.74, 6) is 1.38. The van der Waals surface area contributed by atoms with Gasteiger partial charge in [-0.2, -0.15) is 0 Å². The summed E-state index contributed by atoms with van der Waals surface area (Å²) >= 11 is 1.87. The van der Waals surface area contributed by atoms with Crippen molar-refractivity contribution < 1.29 is 4.79 Å². The molecule has 1 amide bonds. The maximum Gasteiger partial charge on any atom is 0.222 e. The third kappa shape index (κ3) is 4.55. The summed E-state index contributed by atoms with van der Waals surface area (Å²) < 4.78 is 0. The molecule has 2 nitrogen and oxygen atoms in total. The van der Waals surface area contributed by atoms with Crippen LogP contribution in [0.3, 0.4) is 0 Å². The zero-order chi connectivity index (χ0) is 14.4. The molecule has 0 saturated carbocycles. The maximum atomic E-state index is 12.0. The molecule has 0 N–H and O–H groups in total. The Morgan fingerprint density at radius 2 is 1.95 bits per heavy atom. The van der Waals surface area contributed by atoms with Crippen LogP contribution in [0.2, 0.25) is 0 Å². The fraction of sp³-hybridized carbons (Fsp3) is 0.588. The SMILES string of the molecule is Cc1ccc(SCCCC(=O)N2CCCCC2)c(C)c1. The standard InChI is InChI=1S/C17H25NOS/c1-14-8-9-16(15(2)13-14)20-12-6-7-17(19)18-10-4-3-5-11-18/h8-9,13H,3-7,10-12H2,1-2H3. The lowest BCUT2D eigenvalue weighted by molar-refractivity contribution is -0.132. The van der Waals surface area contributed by atoms with Gasteiger partial charge in [-0.15, -0.1) is 11.8 Å². The number of piperidine rings is 1. The van der Waals surface area contributed by atoms with Crippen LogP contribution in [0.15, 0.2) is 23.1 Å². The van der Waals surface area contributed by atoms with Gasteiger partial charge < -0.3 is 4.90 Å². The molecule has 1 aliphatic rings. The number of nitrogens with zero attached hydrogens (tertiary/aromatic N) is 1. The maximum absolute atomic E-state index is 12.0. The molecule has 1 aromatic rings. The van der Waals surface area contributed by atoms with Crippen molar-refractivity contribution in [2.45, 2.75) is 50.8 Å². The van der Waals surface area contributed by atoms with Gasteiger partial charge in [-0.05, 0) is 56.9 Å². The molecule has 1 aromatic carbocycles. The van der Waals surface area contributed by atoms with E-state index in [0.29, 0.717) is 12.3 Å². The fourth-order valence-corrected chi connectivity index (χ4v) is 3.63. The molecule has 0 unspecified atom stereocenters. The summed E-state index contributed by atoms with van der Waals surface area (Å²) in [6, 6.07) is 6.58. The largest absolute Gasteiger partial charge is 0.343 e. The molecular formula is C17H25NOS. The lowest BCUT2D eigenvalue weighted by atomic mass is 10.1. The molecular weight excluding hydrogens is 266 g/mol. The molecule has 110 valence electrons. The van der Waals surface area contributed by atoms with Crippen molar-refractivity contribution in [2.24, 2.45) is 0 Å². The molecule has 0 aromatic heterocycles. The highest BCUT2D eigenvalue weighted by atomic mass is 32.2. The van der Waals surface area contributed by atoms with Crippen LogP contribution in [-0.2, 0) is 4.79 Å². The number of thioether (sulfide) groups is 1. The first kappa shape index (κ1) is 15.4. The molecule has 0 atom stereocenters. The quantitative estimate of drug-likeness (QED) is 0.599. The van der Waals surface area contributed by atoms with Crippen LogP contribution >= 0.6 is 11.8 Å². The van der Waals surface area contributed by atoms with Crippen LogP contribution in [0.25, 0.3) is 0 Å². The summed E-state index contributed by atoms with van der Waals surface area (Å²) in [6.45, 7) is 6.24. The first-order valence-corrected chi connectivity index (χ1v) is 8.63. The number of rotatable bonds is 5.